The number of para-hydroxylation sites is 1. The Labute approximate surface area is 135 Å². The number of hydrogen-bond donors (Lipinski definition) is 3. The highest BCUT2D eigenvalue weighted by Gasteiger charge is 2.11. The van der Waals surface area contributed by atoms with Crippen LogP contribution < -0.4 is 10.9 Å². The molecule has 0 bridgehead atoms. The first-order chi connectivity index (χ1) is 11.6. The summed E-state index contributed by atoms with van der Waals surface area (Å²) in [6.07, 6.45) is 2.39. The van der Waals surface area contributed by atoms with Crippen LogP contribution in [0.2, 0.25) is 0 Å². The van der Waals surface area contributed by atoms with Crippen molar-refractivity contribution in [2.45, 2.75) is 0 Å². The van der Waals surface area contributed by atoms with Crippen LogP contribution in [0.5, 0.6) is 11.5 Å². The van der Waals surface area contributed by atoms with Gasteiger partial charge in [0.15, 0.2) is 0 Å². The van der Waals surface area contributed by atoms with E-state index in [-0.39, 0.29) is 28.1 Å². The molecule has 3 rings (SSSR count). The fraction of sp³-hybridized carbons (Fsp3) is 0. The maximum Gasteiger partial charge on any atom is 0.275 e. The number of phenols is 2. The number of carbonyl (C=O) groups is 1. The summed E-state index contributed by atoms with van der Waals surface area (Å²) in [4.78, 5) is 24.1. The number of aromatic hydroxyl groups is 2. The van der Waals surface area contributed by atoms with Gasteiger partial charge in [0, 0.05) is 0 Å². The van der Waals surface area contributed by atoms with Gasteiger partial charge in [-0.2, -0.15) is 5.10 Å². The van der Waals surface area contributed by atoms with Gasteiger partial charge in [-0.15, -0.1) is 0 Å². The largest absolute Gasteiger partial charge is 0.508 e. The van der Waals surface area contributed by atoms with Crippen molar-refractivity contribution >= 4 is 23.1 Å². The summed E-state index contributed by atoms with van der Waals surface area (Å²) in [7, 11) is 0. The lowest BCUT2D eigenvalue weighted by molar-refractivity contribution is 0.0952. The van der Waals surface area contributed by atoms with E-state index in [1.165, 1.54) is 18.4 Å². The molecule has 0 aliphatic heterocycles. The molecule has 0 fully saturated rings. The van der Waals surface area contributed by atoms with E-state index in [1.54, 1.807) is 24.3 Å². The average molecular weight is 324 g/mol. The molecule has 24 heavy (non-hydrogen) atoms. The predicted octanol–water partition coefficient (Wildman–Crippen LogP) is 1.97. The summed E-state index contributed by atoms with van der Waals surface area (Å²) in [6.45, 7) is 0. The normalized spacial score (nSPS) is 11.0. The van der Waals surface area contributed by atoms with Gasteiger partial charge in [0.25, 0.3) is 5.91 Å². The predicted molar refractivity (Wildman–Crippen MR) is 87.3 cm³/mol. The van der Waals surface area contributed by atoms with Gasteiger partial charge in [0.1, 0.15) is 23.3 Å². The molecule has 0 unspecified atom stereocenters. The molecule has 2 aromatic carbocycles. The number of fused-ring (bicyclic) bond motifs is 1. The van der Waals surface area contributed by atoms with Crippen LogP contribution in [0.25, 0.3) is 11.0 Å². The summed E-state index contributed by atoms with van der Waals surface area (Å²) in [6, 6.07) is 10.3. The second kappa shape index (κ2) is 6.25. The molecule has 1 aromatic heterocycles. The molecule has 0 saturated heterocycles. The van der Waals surface area contributed by atoms with Gasteiger partial charge in [0.05, 0.1) is 22.7 Å². The van der Waals surface area contributed by atoms with E-state index in [2.05, 4.69) is 10.5 Å². The first-order valence-corrected chi connectivity index (χ1v) is 6.92. The van der Waals surface area contributed by atoms with Crippen molar-refractivity contribution in [3.63, 3.8) is 0 Å². The monoisotopic (exact) mass is 324 g/mol. The number of nitrogens with one attached hydrogen (secondary N) is 1. The molecular weight excluding hydrogens is 312 g/mol. The highest BCUT2D eigenvalue weighted by molar-refractivity contribution is 5.97. The van der Waals surface area contributed by atoms with Gasteiger partial charge < -0.3 is 14.6 Å². The summed E-state index contributed by atoms with van der Waals surface area (Å²) < 4.78 is 5.32. The Bertz CT molecular complexity index is 1010. The lowest BCUT2D eigenvalue weighted by Gasteiger charge is -2.03. The highest BCUT2D eigenvalue weighted by atomic mass is 16.3. The number of rotatable bonds is 3. The Kier molecular flexibility index (Phi) is 3.98. The van der Waals surface area contributed by atoms with E-state index in [0.717, 1.165) is 12.3 Å². The molecule has 1 amide bonds. The van der Waals surface area contributed by atoms with Crippen molar-refractivity contribution < 1.29 is 19.4 Å². The van der Waals surface area contributed by atoms with Gasteiger partial charge in [-0.05, 0) is 30.3 Å². The van der Waals surface area contributed by atoms with Crippen LogP contribution in [0.3, 0.4) is 0 Å². The molecule has 3 N–H and O–H groups in total. The van der Waals surface area contributed by atoms with Crippen molar-refractivity contribution in [2.75, 3.05) is 0 Å². The van der Waals surface area contributed by atoms with Gasteiger partial charge >= 0.3 is 0 Å². The SMILES string of the molecule is O=C(NN=Cc1coc2ccccc2c1=O)c1cc(O)ccc1O. The third-order valence-electron chi connectivity index (χ3n) is 3.30. The highest BCUT2D eigenvalue weighted by Crippen LogP contribution is 2.21. The van der Waals surface area contributed by atoms with Crippen LogP contribution in [-0.4, -0.2) is 22.3 Å². The van der Waals surface area contributed by atoms with Crippen LogP contribution in [-0.2, 0) is 0 Å². The minimum absolute atomic E-state index is 0.141. The number of hydrazone groups is 1. The quantitative estimate of drug-likeness (QED) is 0.387. The lowest BCUT2D eigenvalue weighted by Crippen LogP contribution is -2.18. The first-order valence-electron chi connectivity index (χ1n) is 6.92. The third-order valence-corrected chi connectivity index (χ3v) is 3.30. The second-order valence-electron chi connectivity index (χ2n) is 4.92. The van der Waals surface area contributed by atoms with E-state index < -0.39 is 5.91 Å². The minimum atomic E-state index is -0.732. The summed E-state index contributed by atoms with van der Waals surface area (Å²) in [5.41, 5.74) is 2.36. The number of carbonyl (C=O) groups excluding carboxylic acids is 1. The van der Waals surface area contributed by atoms with E-state index >= 15 is 0 Å². The average Bonchev–Trinajstić information content (AvgIpc) is 2.59. The molecule has 120 valence electrons. The van der Waals surface area contributed by atoms with Gasteiger partial charge in [-0.25, -0.2) is 5.43 Å². The van der Waals surface area contributed by atoms with Gasteiger partial charge in [-0.3, -0.25) is 9.59 Å². The zero-order valence-corrected chi connectivity index (χ0v) is 12.3. The Morgan fingerprint density at radius 3 is 2.79 bits per heavy atom. The van der Waals surface area contributed by atoms with Crippen molar-refractivity contribution in [2.24, 2.45) is 5.10 Å². The van der Waals surface area contributed by atoms with E-state index in [1.807, 2.05) is 0 Å². The zero-order chi connectivity index (χ0) is 17.1. The lowest BCUT2D eigenvalue weighted by atomic mass is 10.2. The Morgan fingerprint density at radius 2 is 1.96 bits per heavy atom. The van der Waals surface area contributed by atoms with Crippen LogP contribution in [0.1, 0.15) is 15.9 Å². The van der Waals surface area contributed by atoms with Crippen LogP contribution >= 0.6 is 0 Å². The van der Waals surface area contributed by atoms with Crippen LogP contribution in [0.4, 0.5) is 0 Å². The number of nitrogens with zero attached hydrogens (tertiary/aromatic N) is 1. The molecule has 1 heterocycles. The maximum absolute atomic E-state index is 12.2. The van der Waals surface area contributed by atoms with E-state index in [9.17, 15) is 19.8 Å². The Hall–Kier alpha value is -3.61. The summed E-state index contributed by atoms with van der Waals surface area (Å²) in [5.74, 6) is -1.20. The zero-order valence-electron chi connectivity index (χ0n) is 12.3. The van der Waals surface area contributed by atoms with Crippen molar-refractivity contribution in [3.8, 4) is 11.5 Å². The van der Waals surface area contributed by atoms with E-state index in [4.69, 9.17) is 4.42 Å². The molecule has 0 spiro atoms. The fourth-order valence-electron chi connectivity index (χ4n) is 2.11. The smallest absolute Gasteiger partial charge is 0.275 e. The molecule has 0 aliphatic rings. The minimum Gasteiger partial charge on any atom is -0.508 e. The molecule has 7 heteroatoms. The number of amides is 1. The van der Waals surface area contributed by atoms with Crippen molar-refractivity contribution in [3.05, 3.63) is 70.1 Å². The van der Waals surface area contributed by atoms with Crippen molar-refractivity contribution in [1.29, 1.82) is 0 Å². The standard InChI is InChI=1S/C17H12N2O5/c20-11-5-6-14(21)13(7-11)17(23)19-18-8-10-9-24-15-4-2-1-3-12(15)16(10)22/h1-9,20-21H,(H,19,23). The fourth-order valence-corrected chi connectivity index (χ4v) is 2.11. The third kappa shape index (κ3) is 2.95. The molecule has 3 aromatic rings. The Balaban J connectivity index is 1.82. The molecule has 0 aliphatic carbocycles. The number of benzene rings is 2. The van der Waals surface area contributed by atoms with Crippen LogP contribution in [0.15, 0.2) is 63.0 Å². The number of phenolic OH excluding ortho intramolecular Hbond substituents is 2. The molecular formula is C17H12N2O5. The second-order valence-corrected chi connectivity index (χ2v) is 4.92. The van der Waals surface area contributed by atoms with Gasteiger partial charge in [0.2, 0.25) is 5.43 Å². The molecule has 0 saturated carbocycles. The molecule has 7 nitrogen and oxygen atoms in total. The Morgan fingerprint density at radius 1 is 1.17 bits per heavy atom. The van der Waals surface area contributed by atoms with Gasteiger partial charge in [-0.1, -0.05) is 12.1 Å². The van der Waals surface area contributed by atoms with Crippen molar-refractivity contribution in [1.82, 2.24) is 5.43 Å². The molecule has 0 atom stereocenters. The summed E-state index contributed by atoms with van der Waals surface area (Å²) >= 11 is 0. The van der Waals surface area contributed by atoms with Crippen LogP contribution in [0, 0.1) is 0 Å². The topological polar surface area (TPSA) is 112 Å². The summed E-state index contributed by atoms with van der Waals surface area (Å²) in [5, 5.41) is 23.0. The van der Waals surface area contributed by atoms with E-state index in [0.29, 0.717) is 11.0 Å². The maximum atomic E-state index is 12.2. The molecule has 0 radical (unpaired) electrons. The first kappa shape index (κ1) is 15.3. The number of hydrogen-bond acceptors (Lipinski definition) is 6.